The summed E-state index contributed by atoms with van der Waals surface area (Å²) in [5.74, 6) is 0.639. The van der Waals surface area contributed by atoms with Crippen LogP contribution in [0, 0.1) is 0 Å². The third-order valence-electron chi connectivity index (χ3n) is 12.9. The number of hydrogen-bond acceptors (Lipinski definition) is 2. The molecule has 0 N–H and O–H groups in total. The number of benzene rings is 9. The largest absolute Gasteiger partial charge is 0.0602 e. The summed E-state index contributed by atoms with van der Waals surface area (Å²) in [7, 11) is -3.19. The molecule has 3 heterocycles. The van der Waals surface area contributed by atoms with Gasteiger partial charge < -0.3 is 0 Å². The van der Waals surface area contributed by atoms with E-state index >= 15 is 0 Å². The van der Waals surface area contributed by atoms with Gasteiger partial charge in [0.2, 0.25) is 0 Å². The summed E-state index contributed by atoms with van der Waals surface area (Å²) in [6.07, 6.45) is 1.92. The number of para-hydroxylation sites is 2. The summed E-state index contributed by atoms with van der Waals surface area (Å²) in [6, 6.07) is 81.8. The van der Waals surface area contributed by atoms with Crippen LogP contribution >= 0.6 is 0 Å². The van der Waals surface area contributed by atoms with Crippen molar-refractivity contribution in [2.24, 2.45) is 0 Å². The Morgan fingerprint density at radius 1 is 0.361 bits per heavy atom. The zero-order valence-corrected chi connectivity index (χ0v) is 34.5. The minimum atomic E-state index is -3.19. The summed E-state index contributed by atoms with van der Waals surface area (Å²) < 4.78 is 4.66. The number of nitrogens with zero attached hydrogens (tertiary/aromatic N) is 4. The zero-order chi connectivity index (χ0) is 40.3. The van der Waals surface area contributed by atoms with Gasteiger partial charge in [0, 0.05) is 0 Å². The average molecular weight is 796 g/mol. The molecule has 0 aliphatic heterocycles. The van der Waals surface area contributed by atoms with Gasteiger partial charge in [-0.05, 0) is 18.2 Å². The summed E-state index contributed by atoms with van der Waals surface area (Å²) in [4.78, 5) is 10.5. The fraction of sp³-hybridized carbons (Fsp3) is 0. The second-order valence-corrected chi connectivity index (χ2v) is 20.5. The van der Waals surface area contributed by atoms with Crippen LogP contribution in [0.25, 0.3) is 77.3 Å². The summed E-state index contributed by atoms with van der Waals surface area (Å²) in [6.45, 7) is 0. The third-order valence-corrected chi connectivity index (χ3v) is 18.4. The number of aromatic nitrogens is 4. The van der Waals surface area contributed by atoms with E-state index in [4.69, 9.17) is 9.97 Å². The Bertz CT molecular complexity index is 3480. The molecule has 12 rings (SSSR count). The van der Waals surface area contributed by atoms with Crippen molar-refractivity contribution in [3.8, 4) is 22.9 Å². The normalized spacial score (nSPS) is 12.2. The van der Waals surface area contributed by atoms with Gasteiger partial charge in [-0.1, -0.05) is 42.5 Å². The minimum absolute atomic E-state index is 0.639. The molecule has 0 radical (unpaired) electrons. The third kappa shape index (κ3) is 5.45. The first-order chi connectivity index (χ1) is 30.3. The molecule has 4 nitrogen and oxygen atoms in total. The summed E-state index contributed by atoms with van der Waals surface area (Å²) in [5.41, 5.74) is 7.53. The van der Waals surface area contributed by atoms with E-state index in [1.165, 1.54) is 58.6 Å². The average Bonchev–Trinajstić information content (AvgIpc) is 3.84. The molecule has 5 heteroatoms. The standard InChI is InChI=1S/C56H39N4Si/c1-5-20-41(21-6-1)59-51-31-16-15-30-47(51)48-37-49-54(38-53(48)59)60(52-33-32-39-18-13-14-29-46(39)55(49)52)56-57-35-34-50(58-56)40-19-17-28-45(36-40)61(42-22-7-2-8-23-42,43-24-9-3-10-25-43)44-26-11-4-12-27-44/h1-38,61H/q-1. The van der Waals surface area contributed by atoms with E-state index in [0.29, 0.717) is 5.95 Å². The molecule has 0 fully saturated rings. The van der Waals surface area contributed by atoms with Gasteiger partial charge in [0.15, 0.2) is 0 Å². The van der Waals surface area contributed by atoms with Crippen LogP contribution in [-0.2, 0) is 0 Å². The van der Waals surface area contributed by atoms with Crippen LogP contribution in [0.4, 0.5) is 0 Å². The SMILES string of the molecule is c1ccc(-n2c3ccccc3c3cc4c5c6ccccc6ccc5n(-c5nccc(-c6cccc([SiH-](c7ccccc7)(c7ccccc7)c7ccccc7)c6)n5)c4cc32)cc1. The number of hydrogen-bond donors (Lipinski definition) is 0. The summed E-state index contributed by atoms with van der Waals surface area (Å²) >= 11 is 0. The van der Waals surface area contributed by atoms with E-state index in [1.807, 2.05) is 6.20 Å². The van der Waals surface area contributed by atoms with Gasteiger partial charge >= 0.3 is 295 Å². The van der Waals surface area contributed by atoms with E-state index in [-0.39, 0.29) is 0 Å². The van der Waals surface area contributed by atoms with Crippen LogP contribution in [0.15, 0.2) is 231 Å². The van der Waals surface area contributed by atoms with Crippen LogP contribution in [0.5, 0.6) is 0 Å². The molecule has 3 aromatic heterocycles. The van der Waals surface area contributed by atoms with Gasteiger partial charge in [0.1, 0.15) is 0 Å². The fourth-order valence-corrected chi connectivity index (χ4v) is 15.8. The van der Waals surface area contributed by atoms with Crippen molar-refractivity contribution in [1.29, 1.82) is 0 Å². The van der Waals surface area contributed by atoms with Crippen molar-refractivity contribution in [3.63, 3.8) is 0 Å². The Hall–Kier alpha value is -7.86. The van der Waals surface area contributed by atoms with Crippen LogP contribution in [-0.4, -0.2) is 27.2 Å². The van der Waals surface area contributed by atoms with Gasteiger partial charge in [-0.3, -0.25) is 0 Å². The first kappa shape index (κ1) is 35.1. The Labute approximate surface area is 354 Å². The van der Waals surface area contributed by atoms with Crippen LogP contribution < -0.4 is 20.7 Å². The molecule has 0 saturated carbocycles. The van der Waals surface area contributed by atoms with Gasteiger partial charge in [-0.2, -0.15) is 0 Å². The molecule has 0 aliphatic rings. The quantitative estimate of drug-likeness (QED) is 0.119. The molecule has 0 saturated heterocycles. The van der Waals surface area contributed by atoms with Crippen LogP contribution in [0.1, 0.15) is 0 Å². The number of rotatable bonds is 7. The number of fused-ring (bicyclic) bond motifs is 8. The summed E-state index contributed by atoms with van der Waals surface area (Å²) in [5, 5.41) is 12.7. The maximum Gasteiger partial charge on any atom is -0.0380 e. The zero-order valence-electron chi connectivity index (χ0n) is 33.3. The van der Waals surface area contributed by atoms with E-state index < -0.39 is 8.07 Å². The Morgan fingerprint density at radius 3 is 1.66 bits per heavy atom. The molecule has 9 aromatic carbocycles. The molecule has 12 aromatic rings. The molecule has 0 aliphatic carbocycles. The van der Waals surface area contributed by atoms with Gasteiger partial charge in [0.05, 0.1) is 0 Å². The van der Waals surface area contributed by atoms with Crippen molar-refractivity contribution in [2.45, 2.75) is 0 Å². The second-order valence-electron chi connectivity index (χ2n) is 16.1. The van der Waals surface area contributed by atoms with E-state index in [0.717, 1.165) is 33.5 Å². The first-order valence-corrected chi connectivity index (χ1v) is 23.3. The van der Waals surface area contributed by atoms with Crippen molar-refractivity contribution < 1.29 is 0 Å². The molecule has 0 bridgehead atoms. The Morgan fingerprint density at radius 2 is 0.951 bits per heavy atom. The van der Waals surface area contributed by atoms with Gasteiger partial charge in [-0.25, -0.2) is 0 Å². The van der Waals surface area contributed by atoms with Crippen LogP contribution in [0.3, 0.4) is 0 Å². The predicted octanol–water partition coefficient (Wildman–Crippen LogP) is 10.6. The molecule has 288 valence electrons. The second kappa shape index (κ2) is 14.2. The maximum atomic E-state index is 5.47. The molecule has 0 spiro atoms. The Balaban J connectivity index is 1.11. The minimum Gasteiger partial charge on any atom is -0.0602 e. The molecular weight excluding hydrogens is 757 g/mol. The van der Waals surface area contributed by atoms with Gasteiger partial charge in [-0.15, -0.1) is 0 Å². The molecular formula is C56H39N4Si-. The van der Waals surface area contributed by atoms with E-state index in [2.05, 4.69) is 234 Å². The molecule has 61 heavy (non-hydrogen) atoms. The Kier molecular flexibility index (Phi) is 8.15. The monoisotopic (exact) mass is 795 g/mol. The molecule has 0 amide bonds. The van der Waals surface area contributed by atoms with Gasteiger partial charge in [0.25, 0.3) is 0 Å². The first-order valence-electron chi connectivity index (χ1n) is 21.0. The van der Waals surface area contributed by atoms with Crippen molar-refractivity contribution in [3.05, 3.63) is 231 Å². The van der Waals surface area contributed by atoms with Crippen molar-refractivity contribution in [1.82, 2.24) is 19.1 Å². The topological polar surface area (TPSA) is 35.6 Å². The predicted molar refractivity (Wildman–Crippen MR) is 259 cm³/mol. The fourth-order valence-electron chi connectivity index (χ4n) is 10.3. The van der Waals surface area contributed by atoms with Crippen molar-refractivity contribution in [2.75, 3.05) is 0 Å². The molecule has 0 unspecified atom stereocenters. The maximum absolute atomic E-state index is 5.47. The smallest absolute Gasteiger partial charge is 0.0380 e. The van der Waals surface area contributed by atoms with E-state index in [1.54, 1.807) is 0 Å². The molecule has 0 atom stereocenters. The van der Waals surface area contributed by atoms with E-state index in [9.17, 15) is 0 Å². The van der Waals surface area contributed by atoms with Crippen molar-refractivity contribution >= 4 is 83.2 Å². The van der Waals surface area contributed by atoms with Crippen LogP contribution in [0.2, 0.25) is 0 Å².